The topological polar surface area (TPSA) is 122 Å². The number of nitrogens with two attached hydrogens (primary N) is 1. The van der Waals surface area contributed by atoms with Crippen molar-refractivity contribution >= 4 is 17.4 Å². The Morgan fingerprint density at radius 2 is 2.03 bits per heavy atom. The molecule has 0 radical (unpaired) electrons. The van der Waals surface area contributed by atoms with Gasteiger partial charge >= 0.3 is 0 Å². The van der Waals surface area contributed by atoms with Crippen LogP contribution in [0.5, 0.6) is 5.75 Å². The van der Waals surface area contributed by atoms with E-state index in [0.717, 1.165) is 50.0 Å². The van der Waals surface area contributed by atoms with Crippen molar-refractivity contribution in [2.75, 3.05) is 30.8 Å². The molecular weight excluding hydrogens is 430 g/mol. The average Bonchev–Trinajstić information content (AvgIpc) is 3.54. The van der Waals surface area contributed by atoms with Gasteiger partial charge in [-0.2, -0.15) is 5.26 Å². The fraction of sp³-hybridized carbons (Fsp3) is 0.360. The highest BCUT2D eigenvalue weighted by molar-refractivity contribution is 5.81. The van der Waals surface area contributed by atoms with Crippen molar-refractivity contribution in [1.29, 1.82) is 5.26 Å². The second-order valence-electron chi connectivity index (χ2n) is 8.89. The lowest BCUT2D eigenvalue weighted by Gasteiger charge is -2.42. The Hall–Kier alpha value is -4.06. The molecule has 3 heterocycles. The third kappa shape index (κ3) is 4.15. The molecular formula is C25H27N7O2. The maximum Gasteiger partial charge on any atom is 0.223 e. The second-order valence-corrected chi connectivity index (χ2v) is 8.89. The van der Waals surface area contributed by atoms with Crippen molar-refractivity contribution in [3.63, 3.8) is 0 Å². The zero-order chi connectivity index (χ0) is 23.7. The molecule has 0 unspecified atom stereocenters. The summed E-state index contributed by atoms with van der Waals surface area (Å²) in [6, 6.07) is 9.99. The summed E-state index contributed by atoms with van der Waals surface area (Å²) < 4.78 is 7.23. The van der Waals surface area contributed by atoms with E-state index in [1.807, 2.05) is 18.2 Å². The van der Waals surface area contributed by atoms with Crippen LogP contribution < -0.4 is 20.7 Å². The standard InChI is InChI=1S/C25H27N7O2/c1-34-20-9-17(21-11-23(27)30-24(22(21)12-26)31-7-6-28-15-31)8-19(10-20)32-13-18(14-32)29-25(33)16-4-2-3-5-16/h6-11,15-16,18H,2-5,13-14H2,1H3,(H2,27,30)(H,29,33). The van der Waals surface area contributed by atoms with Crippen LogP contribution in [0.15, 0.2) is 43.0 Å². The van der Waals surface area contributed by atoms with Crippen LogP contribution in [-0.2, 0) is 4.79 Å². The molecule has 3 N–H and O–H groups in total. The molecule has 1 aliphatic carbocycles. The summed E-state index contributed by atoms with van der Waals surface area (Å²) in [5.41, 5.74) is 8.95. The number of rotatable bonds is 6. The number of pyridine rings is 1. The largest absolute Gasteiger partial charge is 0.497 e. The van der Waals surface area contributed by atoms with Crippen LogP contribution in [0.4, 0.5) is 11.5 Å². The summed E-state index contributed by atoms with van der Waals surface area (Å²) in [6.45, 7) is 1.46. The average molecular weight is 458 g/mol. The Kier molecular flexibility index (Phi) is 5.80. The molecule has 9 heteroatoms. The highest BCUT2D eigenvalue weighted by atomic mass is 16.5. The predicted octanol–water partition coefficient (Wildman–Crippen LogP) is 2.89. The molecule has 1 amide bonds. The first-order chi connectivity index (χ1) is 16.6. The Morgan fingerprint density at radius 1 is 1.24 bits per heavy atom. The van der Waals surface area contributed by atoms with Gasteiger partial charge in [0.25, 0.3) is 0 Å². The normalized spacial score (nSPS) is 16.2. The summed E-state index contributed by atoms with van der Waals surface area (Å²) in [4.78, 5) is 23.1. The summed E-state index contributed by atoms with van der Waals surface area (Å²) in [5.74, 6) is 1.77. The number of amides is 1. The predicted molar refractivity (Wildman–Crippen MR) is 129 cm³/mol. The zero-order valence-electron chi connectivity index (χ0n) is 19.1. The van der Waals surface area contributed by atoms with Gasteiger partial charge in [0, 0.05) is 48.7 Å². The fourth-order valence-electron chi connectivity index (χ4n) is 4.79. The van der Waals surface area contributed by atoms with Crippen molar-refractivity contribution < 1.29 is 9.53 Å². The van der Waals surface area contributed by atoms with Gasteiger partial charge in [-0.05, 0) is 36.6 Å². The van der Waals surface area contributed by atoms with E-state index in [9.17, 15) is 10.1 Å². The van der Waals surface area contributed by atoms with Crippen molar-refractivity contribution in [3.8, 4) is 28.8 Å². The number of nitriles is 1. The molecule has 1 aliphatic heterocycles. The number of aromatic nitrogens is 3. The Labute approximate surface area is 198 Å². The minimum atomic E-state index is 0.141. The molecule has 5 rings (SSSR count). The van der Waals surface area contributed by atoms with Gasteiger partial charge < -0.3 is 20.7 Å². The smallest absolute Gasteiger partial charge is 0.223 e. The molecule has 34 heavy (non-hydrogen) atoms. The number of ether oxygens (including phenoxy) is 1. The Balaban J connectivity index is 1.42. The van der Waals surface area contributed by atoms with Gasteiger partial charge in [-0.1, -0.05) is 12.8 Å². The molecule has 2 aromatic heterocycles. The van der Waals surface area contributed by atoms with Gasteiger partial charge in [0.15, 0.2) is 5.82 Å². The lowest BCUT2D eigenvalue weighted by Crippen LogP contribution is -2.60. The fourth-order valence-corrected chi connectivity index (χ4v) is 4.79. The van der Waals surface area contributed by atoms with E-state index in [1.165, 1.54) is 0 Å². The van der Waals surface area contributed by atoms with Gasteiger partial charge in [-0.25, -0.2) is 9.97 Å². The van der Waals surface area contributed by atoms with Crippen molar-refractivity contribution in [2.45, 2.75) is 31.7 Å². The quantitative estimate of drug-likeness (QED) is 0.583. The first-order valence-corrected chi connectivity index (χ1v) is 11.5. The van der Waals surface area contributed by atoms with Gasteiger partial charge in [0.1, 0.15) is 29.5 Å². The van der Waals surface area contributed by atoms with E-state index in [1.54, 1.807) is 36.5 Å². The zero-order valence-corrected chi connectivity index (χ0v) is 19.1. The molecule has 0 spiro atoms. The molecule has 2 fully saturated rings. The number of nitrogens with zero attached hydrogens (tertiary/aromatic N) is 5. The summed E-state index contributed by atoms with van der Waals surface area (Å²) in [5, 5.41) is 13.2. The van der Waals surface area contributed by atoms with Crippen LogP contribution in [0.1, 0.15) is 31.2 Å². The molecule has 1 aromatic carbocycles. The summed E-state index contributed by atoms with van der Waals surface area (Å²) in [7, 11) is 1.62. The summed E-state index contributed by atoms with van der Waals surface area (Å²) in [6.07, 6.45) is 9.23. The number of anilines is 2. The number of benzene rings is 1. The van der Waals surface area contributed by atoms with E-state index in [2.05, 4.69) is 26.3 Å². The van der Waals surface area contributed by atoms with Crippen LogP contribution in [0.2, 0.25) is 0 Å². The lowest BCUT2D eigenvalue weighted by molar-refractivity contribution is -0.125. The number of nitrogens with one attached hydrogen (secondary N) is 1. The van der Waals surface area contributed by atoms with Crippen LogP contribution in [-0.4, -0.2) is 46.7 Å². The molecule has 1 saturated heterocycles. The minimum absolute atomic E-state index is 0.141. The van der Waals surface area contributed by atoms with E-state index >= 15 is 0 Å². The minimum Gasteiger partial charge on any atom is -0.497 e. The van der Waals surface area contributed by atoms with Crippen LogP contribution in [0, 0.1) is 17.2 Å². The maximum atomic E-state index is 12.5. The highest BCUT2D eigenvalue weighted by Gasteiger charge is 2.32. The first-order valence-electron chi connectivity index (χ1n) is 11.5. The highest BCUT2D eigenvalue weighted by Crippen LogP contribution is 2.36. The maximum absolute atomic E-state index is 12.5. The molecule has 0 atom stereocenters. The molecule has 9 nitrogen and oxygen atoms in total. The number of carbonyl (C=O) groups is 1. The van der Waals surface area contributed by atoms with Gasteiger partial charge in [-0.15, -0.1) is 0 Å². The van der Waals surface area contributed by atoms with E-state index in [-0.39, 0.29) is 17.9 Å². The number of nitrogen functional groups attached to an aromatic ring is 1. The Morgan fingerprint density at radius 3 is 2.71 bits per heavy atom. The number of imidazole rings is 1. The molecule has 2 aliphatic rings. The third-order valence-corrected chi connectivity index (χ3v) is 6.64. The van der Waals surface area contributed by atoms with Crippen molar-refractivity contribution in [2.24, 2.45) is 5.92 Å². The molecule has 3 aromatic rings. The van der Waals surface area contributed by atoms with Crippen molar-refractivity contribution in [1.82, 2.24) is 19.9 Å². The van der Waals surface area contributed by atoms with Crippen molar-refractivity contribution in [3.05, 3.63) is 48.5 Å². The van der Waals surface area contributed by atoms with Gasteiger partial charge in [0.2, 0.25) is 5.91 Å². The number of hydrogen-bond donors (Lipinski definition) is 2. The van der Waals surface area contributed by atoms with Crippen LogP contribution in [0.3, 0.4) is 0 Å². The SMILES string of the molecule is COc1cc(-c2cc(N)nc(-n3ccnc3)c2C#N)cc(N2CC(NC(=O)C3CCCC3)C2)c1. The van der Waals surface area contributed by atoms with E-state index in [4.69, 9.17) is 10.5 Å². The number of methoxy groups -OCH3 is 1. The third-order valence-electron chi connectivity index (χ3n) is 6.64. The van der Waals surface area contributed by atoms with Gasteiger partial charge in [0.05, 0.1) is 13.2 Å². The monoisotopic (exact) mass is 457 g/mol. The first kappa shape index (κ1) is 21.8. The number of carbonyl (C=O) groups excluding carboxylic acids is 1. The summed E-state index contributed by atoms with van der Waals surface area (Å²) >= 11 is 0. The molecule has 0 bridgehead atoms. The Bertz CT molecular complexity index is 1240. The lowest BCUT2D eigenvalue weighted by atomic mass is 9.98. The molecule has 1 saturated carbocycles. The van der Waals surface area contributed by atoms with E-state index in [0.29, 0.717) is 28.5 Å². The van der Waals surface area contributed by atoms with Crippen LogP contribution >= 0.6 is 0 Å². The molecule has 174 valence electrons. The van der Waals surface area contributed by atoms with Gasteiger partial charge in [-0.3, -0.25) is 9.36 Å². The van der Waals surface area contributed by atoms with Crippen LogP contribution in [0.25, 0.3) is 16.9 Å². The van der Waals surface area contributed by atoms with E-state index < -0.39 is 0 Å². The number of hydrogen-bond acceptors (Lipinski definition) is 7. The second kappa shape index (κ2) is 9.06.